The first-order valence-electron chi connectivity index (χ1n) is 10.6. The molecule has 2 heterocycles. The highest BCUT2D eigenvalue weighted by Gasteiger charge is 2.22. The average Bonchev–Trinajstić information content (AvgIpc) is 3.04. The van der Waals surface area contributed by atoms with Crippen LogP contribution in [-0.2, 0) is 13.1 Å². The molecule has 1 aromatic heterocycles. The molecule has 0 spiro atoms. The van der Waals surface area contributed by atoms with Crippen molar-refractivity contribution < 1.29 is 18.9 Å². The number of aromatic nitrogens is 1. The molecule has 0 atom stereocenters. The number of ether oxygens (including phenoxy) is 4. The molecule has 0 unspecified atom stereocenters. The van der Waals surface area contributed by atoms with E-state index < -0.39 is 0 Å². The summed E-state index contributed by atoms with van der Waals surface area (Å²) < 4.78 is 22.9. The van der Waals surface area contributed by atoms with Gasteiger partial charge in [-0.25, -0.2) is 4.98 Å². The first-order chi connectivity index (χ1) is 15.7. The maximum Gasteiger partial charge on any atom is 0.213 e. The Balaban J connectivity index is 1.64. The van der Waals surface area contributed by atoms with Crippen LogP contribution in [0, 0.1) is 0 Å². The second-order valence-electron chi connectivity index (χ2n) is 7.50. The van der Waals surface area contributed by atoms with Gasteiger partial charge in [0, 0.05) is 42.4 Å². The van der Waals surface area contributed by atoms with E-state index in [0.717, 1.165) is 53.5 Å². The molecule has 6 heteroatoms. The van der Waals surface area contributed by atoms with Gasteiger partial charge in [0.25, 0.3) is 0 Å². The Kier molecular flexibility index (Phi) is 6.92. The van der Waals surface area contributed by atoms with Crippen LogP contribution in [0.2, 0.25) is 0 Å². The minimum Gasteiger partial charge on any atom is -0.493 e. The van der Waals surface area contributed by atoms with Crippen LogP contribution in [0.15, 0.2) is 67.3 Å². The van der Waals surface area contributed by atoms with Crippen molar-refractivity contribution in [3.63, 3.8) is 0 Å². The van der Waals surface area contributed by atoms with Crippen LogP contribution in [0.4, 0.5) is 0 Å². The quantitative estimate of drug-likeness (QED) is 0.480. The lowest BCUT2D eigenvalue weighted by atomic mass is 10.0. The summed E-state index contributed by atoms with van der Waals surface area (Å²) in [5.74, 6) is 2.95. The number of benzene rings is 2. The molecule has 0 aliphatic carbocycles. The Labute approximate surface area is 189 Å². The number of methoxy groups -OCH3 is 2. The van der Waals surface area contributed by atoms with Crippen LogP contribution in [0.5, 0.6) is 23.1 Å². The number of rotatable bonds is 8. The van der Waals surface area contributed by atoms with Crippen molar-refractivity contribution in [3.8, 4) is 34.4 Å². The number of nitrogens with zero attached hydrogens (tertiary/aromatic N) is 2. The third kappa shape index (κ3) is 4.86. The van der Waals surface area contributed by atoms with Crippen molar-refractivity contribution in [2.45, 2.75) is 13.1 Å². The molecule has 0 fully saturated rings. The molecule has 0 saturated carbocycles. The maximum absolute atomic E-state index is 6.11. The normalized spacial score (nSPS) is 13.4. The monoisotopic (exact) mass is 432 g/mol. The summed E-state index contributed by atoms with van der Waals surface area (Å²) in [5.41, 5.74) is 3.98. The van der Waals surface area contributed by atoms with Crippen molar-refractivity contribution in [3.05, 3.63) is 78.4 Å². The van der Waals surface area contributed by atoms with Gasteiger partial charge in [0.15, 0.2) is 11.5 Å². The van der Waals surface area contributed by atoms with E-state index in [2.05, 4.69) is 28.6 Å². The molecular formula is C26H28N2O4. The minimum atomic E-state index is 0.483. The number of fused-ring (bicyclic) bond motifs is 1. The molecule has 0 bridgehead atoms. The number of hydrogen-bond acceptors (Lipinski definition) is 6. The summed E-state index contributed by atoms with van der Waals surface area (Å²) >= 11 is 0. The number of pyridine rings is 1. The van der Waals surface area contributed by atoms with E-state index in [1.807, 2.05) is 42.5 Å². The van der Waals surface area contributed by atoms with Gasteiger partial charge in [-0.3, -0.25) is 4.90 Å². The van der Waals surface area contributed by atoms with E-state index in [9.17, 15) is 0 Å². The zero-order valence-corrected chi connectivity index (χ0v) is 18.5. The molecular weight excluding hydrogens is 404 g/mol. The molecule has 1 aliphatic rings. The molecule has 4 rings (SSSR count). The van der Waals surface area contributed by atoms with Crippen LogP contribution < -0.4 is 18.9 Å². The second kappa shape index (κ2) is 10.2. The number of hydrogen-bond donors (Lipinski definition) is 0. The van der Waals surface area contributed by atoms with Gasteiger partial charge in [-0.05, 0) is 24.3 Å². The van der Waals surface area contributed by atoms with Gasteiger partial charge >= 0.3 is 0 Å². The van der Waals surface area contributed by atoms with Crippen LogP contribution in [0.25, 0.3) is 11.3 Å². The van der Waals surface area contributed by atoms with Crippen LogP contribution in [-0.4, -0.2) is 43.9 Å². The summed E-state index contributed by atoms with van der Waals surface area (Å²) in [5, 5.41) is 0. The van der Waals surface area contributed by atoms with Gasteiger partial charge in [0.2, 0.25) is 5.88 Å². The molecule has 0 radical (unpaired) electrons. The van der Waals surface area contributed by atoms with Crippen molar-refractivity contribution in [1.82, 2.24) is 9.88 Å². The average molecular weight is 433 g/mol. The first-order valence-corrected chi connectivity index (χ1v) is 10.6. The summed E-state index contributed by atoms with van der Waals surface area (Å²) in [6.07, 6.45) is 1.76. The number of para-hydroxylation sites is 1. The SMILES string of the molecule is C=CCOc1ccccc1CN1CCOc2c(cc(-c3cccc(OC)n3)cc2OC)C1. The van der Waals surface area contributed by atoms with Gasteiger partial charge < -0.3 is 18.9 Å². The van der Waals surface area contributed by atoms with Crippen molar-refractivity contribution in [1.29, 1.82) is 0 Å². The fourth-order valence-electron chi connectivity index (χ4n) is 3.83. The standard InChI is InChI=1S/C26H28N2O4/c1-4-13-31-23-10-6-5-8-19(23)17-28-12-14-32-26-21(18-28)15-20(16-24(26)29-2)22-9-7-11-25(27-22)30-3/h4-11,15-16H,1,12-14,17-18H2,2-3H3. The van der Waals surface area contributed by atoms with Crippen molar-refractivity contribution in [2.75, 3.05) is 34.0 Å². The fraction of sp³-hybridized carbons (Fsp3) is 0.269. The Morgan fingerprint density at radius 1 is 1.06 bits per heavy atom. The lowest BCUT2D eigenvalue weighted by molar-refractivity contribution is 0.214. The summed E-state index contributed by atoms with van der Waals surface area (Å²) in [4.78, 5) is 6.93. The largest absolute Gasteiger partial charge is 0.493 e. The lowest BCUT2D eigenvalue weighted by Gasteiger charge is -2.21. The lowest BCUT2D eigenvalue weighted by Crippen LogP contribution is -2.25. The topological polar surface area (TPSA) is 53.1 Å². The molecule has 2 aromatic carbocycles. The fourth-order valence-corrected chi connectivity index (χ4v) is 3.83. The summed E-state index contributed by atoms with van der Waals surface area (Å²) in [7, 11) is 3.28. The Morgan fingerprint density at radius 2 is 1.94 bits per heavy atom. The highest BCUT2D eigenvalue weighted by atomic mass is 16.5. The first kappa shape index (κ1) is 21.7. The van der Waals surface area contributed by atoms with Gasteiger partial charge in [0.1, 0.15) is 19.0 Å². The molecule has 166 valence electrons. The Hall–Kier alpha value is -3.51. The van der Waals surface area contributed by atoms with Gasteiger partial charge in [-0.2, -0.15) is 0 Å². The van der Waals surface area contributed by atoms with E-state index in [-0.39, 0.29) is 0 Å². The molecule has 0 amide bonds. The van der Waals surface area contributed by atoms with E-state index in [4.69, 9.17) is 18.9 Å². The van der Waals surface area contributed by atoms with Crippen LogP contribution in [0.1, 0.15) is 11.1 Å². The summed E-state index contributed by atoms with van der Waals surface area (Å²) in [6, 6.07) is 17.9. The van der Waals surface area contributed by atoms with Gasteiger partial charge in [-0.1, -0.05) is 36.9 Å². The second-order valence-corrected chi connectivity index (χ2v) is 7.50. The van der Waals surface area contributed by atoms with E-state index in [1.165, 1.54) is 0 Å². The zero-order chi connectivity index (χ0) is 22.3. The predicted octanol–water partition coefficient (Wildman–Crippen LogP) is 4.73. The highest BCUT2D eigenvalue weighted by molar-refractivity contribution is 5.67. The molecule has 0 saturated heterocycles. The zero-order valence-electron chi connectivity index (χ0n) is 18.5. The molecule has 0 N–H and O–H groups in total. The van der Waals surface area contributed by atoms with Gasteiger partial charge in [0.05, 0.1) is 19.9 Å². The van der Waals surface area contributed by atoms with E-state index in [1.54, 1.807) is 20.3 Å². The smallest absolute Gasteiger partial charge is 0.213 e. The molecule has 32 heavy (non-hydrogen) atoms. The Morgan fingerprint density at radius 3 is 2.75 bits per heavy atom. The molecule has 6 nitrogen and oxygen atoms in total. The van der Waals surface area contributed by atoms with E-state index >= 15 is 0 Å². The Bertz CT molecular complexity index is 1080. The highest BCUT2D eigenvalue weighted by Crippen LogP contribution is 2.38. The minimum absolute atomic E-state index is 0.483. The van der Waals surface area contributed by atoms with Crippen molar-refractivity contribution >= 4 is 0 Å². The van der Waals surface area contributed by atoms with E-state index in [0.29, 0.717) is 24.8 Å². The third-order valence-corrected chi connectivity index (χ3v) is 5.35. The maximum atomic E-state index is 6.11. The van der Waals surface area contributed by atoms with Crippen LogP contribution >= 0.6 is 0 Å². The van der Waals surface area contributed by atoms with Crippen LogP contribution in [0.3, 0.4) is 0 Å². The molecule has 1 aliphatic heterocycles. The predicted molar refractivity (Wildman–Crippen MR) is 125 cm³/mol. The van der Waals surface area contributed by atoms with Crippen molar-refractivity contribution in [2.24, 2.45) is 0 Å². The molecule has 3 aromatic rings. The van der Waals surface area contributed by atoms with Gasteiger partial charge in [-0.15, -0.1) is 0 Å². The third-order valence-electron chi connectivity index (χ3n) is 5.35. The summed E-state index contributed by atoms with van der Waals surface area (Å²) in [6.45, 7) is 7.07.